The summed E-state index contributed by atoms with van der Waals surface area (Å²) in [6.07, 6.45) is 0. The van der Waals surface area contributed by atoms with Gasteiger partial charge in [0.25, 0.3) is 11.5 Å². The highest BCUT2D eigenvalue weighted by Gasteiger charge is 2.27. The Labute approximate surface area is 120 Å². The van der Waals surface area contributed by atoms with Crippen LogP contribution in [-0.2, 0) is 4.79 Å². The predicted octanol–water partition coefficient (Wildman–Crippen LogP) is 1.37. The largest absolute Gasteiger partial charge is 0.481 e. The molecule has 0 atom stereocenters. The van der Waals surface area contributed by atoms with Gasteiger partial charge < -0.3 is 15.4 Å². The fourth-order valence-corrected chi connectivity index (χ4v) is 1.81. The Morgan fingerprint density at radius 1 is 1.29 bits per heavy atom. The second-order valence-corrected chi connectivity index (χ2v) is 5.47. The van der Waals surface area contributed by atoms with Crippen LogP contribution >= 0.6 is 0 Å². The molecule has 0 unspecified atom stereocenters. The molecular formula is C15H16N2O4. The van der Waals surface area contributed by atoms with Gasteiger partial charge in [0.1, 0.15) is 5.69 Å². The maximum absolute atomic E-state index is 12.0. The number of carbonyl (C=O) groups is 2. The Morgan fingerprint density at radius 2 is 1.95 bits per heavy atom. The third kappa shape index (κ3) is 3.10. The smallest absolute Gasteiger partial charge is 0.310 e. The molecule has 1 aromatic heterocycles. The first kappa shape index (κ1) is 14.8. The van der Waals surface area contributed by atoms with Gasteiger partial charge in [0, 0.05) is 11.9 Å². The number of nitrogens with one attached hydrogen (secondary N) is 2. The first-order chi connectivity index (χ1) is 9.81. The molecule has 0 saturated carbocycles. The summed E-state index contributed by atoms with van der Waals surface area (Å²) in [6.45, 7) is 2.99. The summed E-state index contributed by atoms with van der Waals surface area (Å²) in [5.41, 5.74) is -1.32. The van der Waals surface area contributed by atoms with Crippen LogP contribution in [-0.4, -0.2) is 28.5 Å². The van der Waals surface area contributed by atoms with E-state index in [2.05, 4.69) is 10.3 Å². The van der Waals surface area contributed by atoms with Crippen molar-refractivity contribution in [1.29, 1.82) is 0 Å². The zero-order valence-corrected chi connectivity index (χ0v) is 11.8. The number of amides is 1. The zero-order valence-electron chi connectivity index (χ0n) is 11.8. The molecule has 6 heteroatoms. The third-order valence-corrected chi connectivity index (χ3v) is 3.27. The Bertz CT molecular complexity index is 762. The lowest BCUT2D eigenvalue weighted by Crippen LogP contribution is -2.39. The van der Waals surface area contributed by atoms with Crippen molar-refractivity contribution >= 4 is 22.6 Å². The minimum Gasteiger partial charge on any atom is -0.481 e. The lowest BCUT2D eigenvalue weighted by Gasteiger charge is -2.19. The number of aliphatic carboxylic acids is 1. The summed E-state index contributed by atoms with van der Waals surface area (Å²) in [6, 6.07) is 8.50. The van der Waals surface area contributed by atoms with E-state index in [-0.39, 0.29) is 17.8 Å². The van der Waals surface area contributed by atoms with Gasteiger partial charge in [-0.1, -0.05) is 18.2 Å². The number of pyridine rings is 1. The van der Waals surface area contributed by atoms with E-state index in [1.807, 2.05) is 0 Å². The normalized spacial score (nSPS) is 11.3. The lowest BCUT2D eigenvalue weighted by molar-refractivity contribution is -0.146. The number of rotatable bonds is 4. The molecule has 0 bridgehead atoms. The topological polar surface area (TPSA) is 99.3 Å². The highest BCUT2D eigenvalue weighted by Crippen LogP contribution is 2.14. The number of carboxylic acid groups (broad SMARTS) is 1. The van der Waals surface area contributed by atoms with Crippen molar-refractivity contribution in [1.82, 2.24) is 10.3 Å². The van der Waals surface area contributed by atoms with E-state index >= 15 is 0 Å². The summed E-state index contributed by atoms with van der Waals surface area (Å²) < 4.78 is 0. The molecule has 1 heterocycles. The van der Waals surface area contributed by atoms with Crippen molar-refractivity contribution in [2.24, 2.45) is 5.41 Å². The minimum absolute atomic E-state index is 0.0317. The van der Waals surface area contributed by atoms with Crippen LogP contribution < -0.4 is 10.9 Å². The first-order valence-electron chi connectivity index (χ1n) is 6.45. The third-order valence-electron chi connectivity index (χ3n) is 3.27. The van der Waals surface area contributed by atoms with Gasteiger partial charge in [0.15, 0.2) is 0 Å². The lowest BCUT2D eigenvalue weighted by atomic mass is 9.94. The number of hydrogen-bond donors (Lipinski definition) is 3. The number of fused-ring (bicyclic) bond motifs is 1. The molecule has 0 spiro atoms. The molecule has 2 rings (SSSR count). The molecule has 0 radical (unpaired) electrons. The SMILES string of the molecule is CC(C)(CNC(=O)c1cc2ccccc2c(=O)[nH]1)C(=O)O. The number of aromatic amines is 1. The van der Waals surface area contributed by atoms with Crippen LogP contribution in [0.25, 0.3) is 10.8 Å². The fourth-order valence-electron chi connectivity index (χ4n) is 1.81. The maximum atomic E-state index is 12.0. The molecule has 6 nitrogen and oxygen atoms in total. The summed E-state index contributed by atoms with van der Waals surface area (Å²) in [5.74, 6) is -1.51. The zero-order chi connectivity index (χ0) is 15.6. The second kappa shape index (κ2) is 5.40. The molecular weight excluding hydrogens is 272 g/mol. The van der Waals surface area contributed by atoms with E-state index in [1.165, 1.54) is 13.8 Å². The number of carbonyl (C=O) groups excluding carboxylic acids is 1. The molecule has 0 aliphatic heterocycles. The van der Waals surface area contributed by atoms with Gasteiger partial charge in [-0.2, -0.15) is 0 Å². The van der Waals surface area contributed by atoms with Gasteiger partial charge in [-0.15, -0.1) is 0 Å². The van der Waals surface area contributed by atoms with E-state index < -0.39 is 17.3 Å². The molecule has 1 amide bonds. The fraction of sp³-hybridized carbons (Fsp3) is 0.267. The standard InChI is InChI=1S/C15H16N2O4/c1-15(2,14(20)21)8-16-13(19)11-7-9-5-3-4-6-10(9)12(18)17-11/h3-7H,8H2,1-2H3,(H,16,19)(H,17,18)(H,20,21). The highest BCUT2D eigenvalue weighted by molar-refractivity contribution is 5.96. The van der Waals surface area contributed by atoms with E-state index in [4.69, 9.17) is 5.11 Å². The van der Waals surface area contributed by atoms with E-state index in [1.54, 1.807) is 30.3 Å². The maximum Gasteiger partial charge on any atom is 0.310 e. The molecule has 0 aliphatic rings. The minimum atomic E-state index is -1.08. The van der Waals surface area contributed by atoms with Crippen molar-refractivity contribution in [3.05, 3.63) is 46.4 Å². The van der Waals surface area contributed by atoms with Crippen molar-refractivity contribution in [2.45, 2.75) is 13.8 Å². The molecule has 0 saturated heterocycles. The summed E-state index contributed by atoms with van der Waals surface area (Å²) >= 11 is 0. The molecule has 0 fully saturated rings. The number of benzene rings is 1. The number of H-pyrrole nitrogens is 1. The van der Waals surface area contributed by atoms with Gasteiger partial charge in [-0.25, -0.2) is 0 Å². The Balaban J connectivity index is 2.24. The molecule has 1 aromatic carbocycles. The van der Waals surface area contributed by atoms with Crippen LogP contribution in [0.3, 0.4) is 0 Å². The van der Waals surface area contributed by atoms with Crippen molar-refractivity contribution < 1.29 is 14.7 Å². The van der Waals surface area contributed by atoms with Crippen LogP contribution in [0.2, 0.25) is 0 Å². The monoisotopic (exact) mass is 288 g/mol. The first-order valence-corrected chi connectivity index (χ1v) is 6.45. The van der Waals surface area contributed by atoms with Gasteiger partial charge >= 0.3 is 5.97 Å². The van der Waals surface area contributed by atoms with E-state index in [0.29, 0.717) is 10.8 Å². The van der Waals surface area contributed by atoms with Crippen molar-refractivity contribution in [2.75, 3.05) is 6.54 Å². The second-order valence-electron chi connectivity index (χ2n) is 5.47. The van der Waals surface area contributed by atoms with Crippen LogP contribution in [0, 0.1) is 5.41 Å². The number of aromatic nitrogens is 1. The van der Waals surface area contributed by atoms with Gasteiger partial charge in [0.05, 0.1) is 5.41 Å². The van der Waals surface area contributed by atoms with Crippen molar-refractivity contribution in [3.8, 4) is 0 Å². The van der Waals surface area contributed by atoms with Gasteiger partial charge in [-0.05, 0) is 31.4 Å². The average Bonchev–Trinajstić information content (AvgIpc) is 2.44. The van der Waals surface area contributed by atoms with Crippen LogP contribution in [0.4, 0.5) is 0 Å². The molecule has 21 heavy (non-hydrogen) atoms. The highest BCUT2D eigenvalue weighted by atomic mass is 16.4. The van der Waals surface area contributed by atoms with Crippen LogP contribution in [0.5, 0.6) is 0 Å². The van der Waals surface area contributed by atoms with Gasteiger partial charge in [0.2, 0.25) is 0 Å². The van der Waals surface area contributed by atoms with Gasteiger partial charge in [-0.3, -0.25) is 14.4 Å². The Kier molecular flexibility index (Phi) is 3.80. The van der Waals surface area contributed by atoms with E-state index in [9.17, 15) is 14.4 Å². The summed E-state index contributed by atoms with van der Waals surface area (Å²) in [4.78, 5) is 37.4. The Hall–Kier alpha value is -2.63. The number of carboxylic acids is 1. The molecule has 0 aliphatic carbocycles. The number of hydrogen-bond acceptors (Lipinski definition) is 3. The summed E-state index contributed by atoms with van der Waals surface area (Å²) in [7, 11) is 0. The van der Waals surface area contributed by atoms with Crippen LogP contribution in [0.1, 0.15) is 24.3 Å². The molecule has 3 N–H and O–H groups in total. The van der Waals surface area contributed by atoms with Crippen molar-refractivity contribution in [3.63, 3.8) is 0 Å². The van der Waals surface area contributed by atoms with Crippen LogP contribution in [0.15, 0.2) is 35.1 Å². The summed E-state index contributed by atoms with van der Waals surface area (Å²) in [5, 5.41) is 12.7. The average molecular weight is 288 g/mol. The quantitative estimate of drug-likeness (QED) is 0.791. The predicted molar refractivity (Wildman–Crippen MR) is 78.3 cm³/mol. The molecule has 110 valence electrons. The Morgan fingerprint density at radius 3 is 2.62 bits per heavy atom. The molecule has 2 aromatic rings. The van der Waals surface area contributed by atoms with E-state index in [0.717, 1.165) is 0 Å².